The van der Waals surface area contributed by atoms with Gasteiger partial charge in [-0.15, -0.1) is 0 Å². The van der Waals surface area contributed by atoms with Gasteiger partial charge in [-0.2, -0.15) is 0 Å². The van der Waals surface area contributed by atoms with Crippen molar-refractivity contribution in [3.05, 3.63) is 0 Å². The Balaban J connectivity index is 0. The third-order valence-electron chi connectivity index (χ3n) is 6.73. The van der Waals surface area contributed by atoms with Crippen molar-refractivity contribution < 1.29 is 59.3 Å². The summed E-state index contributed by atoms with van der Waals surface area (Å²) in [6.07, 6.45) is 17.1. The van der Waals surface area contributed by atoms with E-state index in [1.54, 1.807) is 0 Å². The first kappa shape index (κ1) is 40.7. The maximum atomic E-state index is 11.7. The van der Waals surface area contributed by atoms with Crippen molar-refractivity contribution in [2.45, 2.75) is 147 Å². The average Bonchev–Trinajstić information content (AvgIpc) is 2.89. The lowest BCUT2D eigenvalue weighted by molar-refractivity contribution is -0.214. The van der Waals surface area contributed by atoms with Crippen LogP contribution in [-0.2, 0) is 28.7 Å². The van der Waals surface area contributed by atoms with Crippen LogP contribution in [0.2, 0.25) is 0 Å². The lowest BCUT2D eigenvalue weighted by Gasteiger charge is -2.36. The summed E-state index contributed by atoms with van der Waals surface area (Å²) in [5, 5.41) is 55.5. The summed E-state index contributed by atoms with van der Waals surface area (Å²) in [6, 6.07) is 0. The van der Waals surface area contributed by atoms with Crippen molar-refractivity contribution in [2.24, 2.45) is 0 Å². The lowest BCUT2D eigenvalue weighted by Crippen LogP contribution is -2.69. The molecule has 0 rings (SSSR count). The molecule has 0 aromatic heterocycles. The number of unbranched alkanes of at least 4 members (excludes halogenated alkanes) is 14. The van der Waals surface area contributed by atoms with E-state index in [0.29, 0.717) is 13.3 Å². The number of hydrogen-bond acceptors (Lipinski definition) is 10. The second-order valence-electron chi connectivity index (χ2n) is 10.4. The fraction of sp³-hybridized carbons (Fsp3) is 0.828. The standard InChI is InChI=1S/C18H36O2.C11H16O10/c1-2-3-4-5-6-7-8-9-10-11-12-13-14-15-16-17-18(19)20;1-5(13)11(20,9(18)21-6(2)14)10(19,8(16)17)3-7(15)4-12/h2-17H2,1H3,(H,19,20);7,12,15,19-20H,3-4H2,1-2H3,(H,16,17). The number of aliphatic hydroxyl groups excluding tert-OH is 2. The zero-order valence-electron chi connectivity index (χ0n) is 24.9. The average molecular weight is 593 g/mol. The van der Waals surface area contributed by atoms with Gasteiger partial charge in [0.1, 0.15) is 0 Å². The van der Waals surface area contributed by atoms with Crippen LogP contribution in [0, 0.1) is 0 Å². The largest absolute Gasteiger partial charge is 0.481 e. The van der Waals surface area contributed by atoms with Crippen LogP contribution in [0.15, 0.2) is 0 Å². The van der Waals surface area contributed by atoms with E-state index in [-0.39, 0.29) is 0 Å². The summed E-state index contributed by atoms with van der Waals surface area (Å²) in [4.78, 5) is 55.4. The van der Waals surface area contributed by atoms with Crippen LogP contribution in [-0.4, -0.2) is 84.2 Å². The molecule has 12 nitrogen and oxygen atoms in total. The molecule has 240 valence electrons. The second kappa shape index (κ2) is 23.2. The van der Waals surface area contributed by atoms with Gasteiger partial charge >= 0.3 is 23.9 Å². The number of ether oxygens (including phenoxy) is 1. The smallest absolute Gasteiger partial charge is 0.357 e. The molecule has 0 aromatic carbocycles. The normalized spacial score (nSPS) is 14.5. The second-order valence-corrected chi connectivity index (χ2v) is 10.4. The number of carboxylic acid groups (broad SMARTS) is 2. The molecular formula is C29H52O12. The van der Waals surface area contributed by atoms with Gasteiger partial charge in [0, 0.05) is 19.8 Å². The van der Waals surface area contributed by atoms with Crippen LogP contribution in [0.4, 0.5) is 0 Å². The van der Waals surface area contributed by atoms with Crippen molar-refractivity contribution >= 4 is 29.7 Å². The topological polar surface area (TPSA) is 216 Å². The Morgan fingerprint density at radius 1 is 0.707 bits per heavy atom. The number of ketones is 1. The first-order valence-electron chi connectivity index (χ1n) is 14.6. The number of hydrogen-bond donors (Lipinski definition) is 6. The van der Waals surface area contributed by atoms with Crippen LogP contribution in [0.5, 0.6) is 0 Å². The lowest BCUT2D eigenvalue weighted by atomic mass is 9.76. The molecule has 0 aliphatic heterocycles. The highest BCUT2D eigenvalue weighted by molar-refractivity contribution is 6.13. The number of aliphatic carboxylic acids is 2. The zero-order chi connectivity index (χ0) is 31.9. The summed E-state index contributed by atoms with van der Waals surface area (Å²) < 4.78 is 3.97. The first-order chi connectivity index (χ1) is 19.2. The monoisotopic (exact) mass is 592 g/mol. The molecule has 6 N–H and O–H groups in total. The molecule has 0 bridgehead atoms. The summed E-state index contributed by atoms with van der Waals surface area (Å²) in [6.45, 7) is 2.60. The van der Waals surface area contributed by atoms with Crippen LogP contribution >= 0.6 is 0 Å². The van der Waals surface area contributed by atoms with Crippen molar-refractivity contribution in [1.82, 2.24) is 0 Å². The highest BCUT2D eigenvalue weighted by Crippen LogP contribution is 2.31. The van der Waals surface area contributed by atoms with Crippen molar-refractivity contribution in [3.8, 4) is 0 Å². The van der Waals surface area contributed by atoms with E-state index in [2.05, 4.69) is 11.7 Å². The Morgan fingerprint density at radius 3 is 1.39 bits per heavy atom. The van der Waals surface area contributed by atoms with Gasteiger partial charge in [-0.3, -0.25) is 14.4 Å². The van der Waals surface area contributed by atoms with Crippen molar-refractivity contribution in [3.63, 3.8) is 0 Å². The Kier molecular flexibility index (Phi) is 23.0. The quantitative estimate of drug-likeness (QED) is 0.0572. The third kappa shape index (κ3) is 17.2. The molecule has 0 heterocycles. The van der Waals surface area contributed by atoms with E-state index < -0.39 is 60.0 Å². The fourth-order valence-electron chi connectivity index (χ4n) is 4.25. The Labute approximate surface area is 243 Å². The van der Waals surface area contributed by atoms with E-state index in [1.165, 1.54) is 83.5 Å². The molecule has 0 fully saturated rings. The summed E-state index contributed by atoms with van der Waals surface area (Å²) in [5.74, 6) is -7.66. The fourth-order valence-corrected chi connectivity index (χ4v) is 4.25. The number of Topliss-reactive ketones (excluding diaryl/α,β-unsaturated/α-hetero) is 1. The molecule has 12 heteroatoms. The van der Waals surface area contributed by atoms with Gasteiger partial charge in [-0.1, -0.05) is 96.8 Å². The maximum absolute atomic E-state index is 11.7. The van der Waals surface area contributed by atoms with Crippen LogP contribution in [0.25, 0.3) is 0 Å². The van der Waals surface area contributed by atoms with Crippen LogP contribution < -0.4 is 0 Å². The van der Waals surface area contributed by atoms with Gasteiger partial charge < -0.3 is 35.4 Å². The summed E-state index contributed by atoms with van der Waals surface area (Å²) >= 11 is 0. The molecule has 0 aliphatic rings. The van der Waals surface area contributed by atoms with Gasteiger partial charge in [0.2, 0.25) is 5.60 Å². The number of aliphatic hydroxyl groups is 4. The van der Waals surface area contributed by atoms with E-state index in [9.17, 15) is 39.3 Å². The van der Waals surface area contributed by atoms with E-state index in [0.717, 1.165) is 19.8 Å². The Bertz CT molecular complexity index is 784. The first-order valence-corrected chi connectivity index (χ1v) is 14.6. The van der Waals surface area contributed by atoms with Crippen LogP contribution in [0.1, 0.15) is 130 Å². The predicted octanol–water partition coefficient (Wildman–Crippen LogP) is 3.29. The van der Waals surface area contributed by atoms with E-state index in [1.807, 2.05) is 0 Å². The maximum Gasteiger partial charge on any atom is 0.357 e. The highest BCUT2D eigenvalue weighted by atomic mass is 16.6. The SMILES string of the molecule is CC(=O)OC(=O)C(O)(C(C)=O)C(O)(CC(O)CO)C(=O)O.CCCCCCCCCCCCCCCCCC(=O)O. The molecule has 0 aromatic rings. The molecule has 3 atom stereocenters. The van der Waals surface area contributed by atoms with Gasteiger partial charge in [0.05, 0.1) is 12.7 Å². The number of carbonyl (C=O) groups is 5. The van der Waals surface area contributed by atoms with Gasteiger partial charge in [-0.25, -0.2) is 9.59 Å². The van der Waals surface area contributed by atoms with Gasteiger partial charge in [0.25, 0.3) is 5.60 Å². The molecule has 41 heavy (non-hydrogen) atoms. The molecule has 0 saturated carbocycles. The number of carbonyl (C=O) groups excluding carboxylic acids is 3. The summed E-state index contributed by atoms with van der Waals surface area (Å²) in [5.41, 5.74) is -7.14. The minimum Gasteiger partial charge on any atom is -0.481 e. The van der Waals surface area contributed by atoms with Gasteiger partial charge in [-0.05, 0) is 13.3 Å². The number of rotatable bonds is 23. The predicted molar refractivity (Wildman–Crippen MR) is 150 cm³/mol. The molecule has 3 unspecified atom stereocenters. The van der Waals surface area contributed by atoms with Crippen molar-refractivity contribution in [1.29, 1.82) is 0 Å². The molecule has 0 saturated heterocycles. The molecule has 0 radical (unpaired) electrons. The molecule has 0 spiro atoms. The number of carboxylic acids is 2. The highest BCUT2D eigenvalue weighted by Gasteiger charge is 2.65. The molecule has 0 amide bonds. The summed E-state index contributed by atoms with van der Waals surface area (Å²) in [7, 11) is 0. The van der Waals surface area contributed by atoms with E-state index in [4.69, 9.17) is 15.3 Å². The minimum atomic E-state index is -3.64. The Hall–Kier alpha value is -2.41. The van der Waals surface area contributed by atoms with Crippen molar-refractivity contribution in [2.75, 3.05) is 6.61 Å². The molecule has 0 aliphatic carbocycles. The van der Waals surface area contributed by atoms with Crippen LogP contribution in [0.3, 0.4) is 0 Å². The number of esters is 2. The minimum absolute atomic E-state index is 0.345. The van der Waals surface area contributed by atoms with E-state index >= 15 is 0 Å². The third-order valence-corrected chi connectivity index (χ3v) is 6.73. The zero-order valence-corrected chi connectivity index (χ0v) is 24.9. The molecular weight excluding hydrogens is 540 g/mol. The van der Waals surface area contributed by atoms with Gasteiger partial charge in [0.15, 0.2) is 5.78 Å². The Morgan fingerprint density at radius 2 is 1.10 bits per heavy atom.